The molecule has 6 nitrogen and oxygen atoms in total. The number of carbonyl (C=O) groups excluding carboxylic acids is 1. The smallest absolute Gasteiger partial charge is 0.417 e. The van der Waals surface area contributed by atoms with E-state index in [1.54, 1.807) is 6.92 Å². The second-order valence-electron chi connectivity index (χ2n) is 7.04. The number of ether oxygens (including phenoxy) is 1. The molecule has 0 spiro atoms. The van der Waals surface area contributed by atoms with Crippen molar-refractivity contribution in [2.24, 2.45) is 0 Å². The molecule has 2 aliphatic rings. The predicted molar refractivity (Wildman–Crippen MR) is 84.2 cm³/mol. The van der Waals surface area contributed by atoms with Crippen molar-refractivity contribution in [2.75, 3.05) is 0 Å². The van der Waals surface area contributed by atoms with Crippen LogP contribution in [-0.4, -0.2) is 20.6 Å². The van der Waals surface area contributed by atoms with Crippen molar-refractivity contribution in [1.82, 2.24) is 4.57 Å². The van der Waals surface area contributed by atoms with Crippen LogP contribution in [-0.2, 0) is 26.9 Å². The molecule has 1 saturated heterocycles. The number of nitriles is 1. The minimum Gasteiger partial charge on any atom is -0.494 e. The Hall–Kier alpha value is -2.99. The van der Waals surface area contributed by atoms with E-state index in [0.29, 0.717) is 6.07 Å². The molecule has 2 atom stereocenters. The second kappa shape index (κ2) is 4.84. The minimum absolute atomic E-state index is 0.0192. The molecule has 0 saturated carbocycles. The van der Waals surface area contributed by atoms with Crippen LogP contribution in [0.5, 0.6) is 11.8 Å². The molecule has 9 heteroatoms. The van der Waals surface area contributed by atoms with Crippen molar-refractivity contribution in [3.63, 3.8) is 0 Å². The second-order valence-corrected chi connectivity index (χ2v) is 7.04. The van der Waals surface area contributed by atoms with Crippen LogP contribution in [0.4, 0.5) is 13.2 Å². The summed E-state index contributed by atoms with van der Waals surface area (Å²) in [4.78, 5) is 12.3. The van der Waals surface area contributed by atoms with Crippen molar-refractivity contribution in [3.8, 4) is 23.5 Å². The van der Waals surface area contributed by atoms with Crippen LogP contribution >= 0.6 is 0 Å². The number of hydrogen-bond acceptors (Lipinski definition) is 5. The van der Waals surface area contributed by atoms with Gasteiger partial charge in [0, 0.05) is 6.42 Å². The lowest BCUT2D eigenvalue weighted by Crippen LogP contribution is -2.28. The van der Waals surface area contributed by atoms with E-state index in [4.69, 9.17) is 10.00 Å². The average molecular weight is 378 g/mol. The third-order valence-electron chi connectivity index (χ3n) is 5.27. The van der Waals surface area contributed by atoms with Crippen LogP contribution in [0.1, 0.15) is 42.5 Å². The Morgan fingerprint density at radius 3 is 2.44 bits per heavy atom. The Morgan fingerprint density at radius 1 is 1.22 bits per heavy atom. The van der Waals surface area contributed by atoms with Crippen molar-refractivity contribution >= 4 is 5.78 Å². The van der Waals surface area contributed by atoms with Gasteiger partial charge in [-0.1, -0.05) is 0 Å². The number of benzene rings is 1. The van der Waals surface area contributed by atoms with Gasteiger partial charge < -0.3 is 14.9 Å². The Balaban J connectivity index is 1.99. The summed E-state index contributed by atoms with van der Waals surface area (Å²) in [6, 6.07) is 4.28. The number of rotatable bonds is 1. The quantitative estimate of drug-likeness (QED) is 0.795. The SMILES string of the molecule is C[C@@]12CC(=O)[C@@](C)(O1)c1c2c(O)n(-c2ccc(C#N)c(C(F)(F)F)c2)c1O. The van der Waals surface area contributed by atoms with E-state index in [1.165, 1.54) is 19.1 Å². The van der Waals surface area contributed by atoms with Crippen molar-refractivity contribution < 1.29 is 32.9 Å². The van der Waals surface area contributed by atoms with E-state index in [-0.39, 0.29) is 29.0 Å². The molecule has 1 aromatic carbocycles. The fourth-order valence-corrected chi connectivity index (χ4v) is 4.10. The Kier molecular flexibility index (Phi) is 3.12. The Bertz CT molecular complexity index is 1070. The van der Waals surface area contributed by atoms with E-state index < -0.39 is 40.3 Å². The van der Waals surface area contributed by atoms with E-state index in [1.807, 2.05) is 0 Å². The first kappa shape index (κ1) is 17.4. The first-order valence-corrected chi connectivity index (χ1v) is 7.97. The molecule has 2 N–H and O–H groups in total. The van der Waals surface area contributed by atoms with Gasteiger partial charge in [-0.05, 0) is 32.0 Å². The zero-order valence-corrected chi connectivity index (χ0v) is 14.2. The number of hydrogen-bond donors (Lipinski definition) is 2. The molecule has 2 aliphatic heterocycles. The first-order valence-electron chi connectivity index (χ1n) is 7.97. The molecule has 2 aromatic rings. The van der Waals surface area contributed by atoms with E-state index in [2.05, 4.69) is 0 Å². The van der Waals surface area contributed by atoms with Crippen LogP contribution in [0.3, 0.4) is 0 Å². The van der Waals surface area contributed by atoms with E-state index in [0.717, 1.165) is 10.6 Å². The summed E-state index contributed by atoms with van der Waals surface area (Å²) in [5.74, 6) is -1.36. The van der Waals surface area contributed by atoms with Crippen LogP contribution in [0.25, 0.3) is 5.69 Å². The number of carbonyl (C=O) groups is 1. The normalized spacial score (nSPS) is 26.3. The third-order valence-corrected chi connectivity index (χ3v) is 5.27. The Morgan fingerprint density at radius 2 is 1.85 bits per heavy atom. The third kappa shape index (κ3) is 2.01. The van der Waals surface area contributed by atoms with Gasteiger partial charge in [-0.15, -0.1) is 0 Å². The van der Waals surface area contributed by atoms with Crippen molar-refractivity contribution in [1.29, 1.82) is 5.26 Å². The molecule has 1 fully saturated rings. The fraction of sp³-hybridized carbons (Fsp3) is 0.333. The van der Waals surface area contributed by atoms with Crippen LogP contribution in [0, 0.1) is 11.3 Å². The number of fused-ring (bicyclic) bond motifs is 5. The van der Waals surface area contributed by atoms with Gasteiger partial charge in [0.15, 0.2) is 11.4 Å². The lowest BCUT2D eigenvalue weighted by molar-refractivity contribution is -0.137. The number of ketones is 1. The molecule has 27 heavy (non-hydrogen) atoms. The largest absolute Gasteiger partial charge is 0.494 e. The number of halogens is 3. The van der Waals surface area contributed by atoms with E-state index in [9.17, 15) is 28.2 Å². The lowest BCUT2D eigenvalue weighted by atomic mass is 9.79. The summed E-state index contributed by atoms with van der Waals surface area (Å²) in [5.41, 5.74) is -4.38. The maximum atomic E-state index is 13.3. The highest BCUT2D eigenvalue weighted by Gasteiger charge is 2.64. The fourth-order valence-electron chi connectivity index (χ4n) is 4.10. The van der Waals surface area contributed by atoms with Gasteiger partial charge in [-0.2, -0.15) is 18.4 Å². The summed E-state index contributed by atoms with van der Waals surface area (Å²) in [7, 11) is 0. The van der Waals surface area contributed by atoms with Gasteiger partial charge in [0.1, 0.15) is 5.60 Å². The number of aromatic hydroxyl groups is 2. The molecule has 0 aliphatic carbocycles. The molecule has 2 bridgehead atoms. The summed E-state index contributed by atoms with van der Waals surface area (Å²) >= 11 is 0. The minimum atomic E-state index is -4.79. The molecule has 1 aromatic heterocycles. The molecular weight excluding hydrogens is 365 g/mol. The molecule has 0 amide bonds. The van der Waals surface area contributed by atoms with Gasteiger partial charge in [0.25, 0.3) is 0 Å². The number of Topliss-reactive ketones (excluding diaryl/α,β-unsaturated/α-hetero) is 1. The summed E-state index contributed by atoms with van der Waals surface area (Å²) in [6.45, 7) is 3.03. The van der Waals surface area contributed by atoms with Gasteiger partial charge >= 0.3 is 6.18 Å². The van der Waals surface area contributed by atoms with Crippen LogP contribution < -0.4 is 0 Å². The highest BCUT2D eigenvalue weighted by molar-refractivity contribution is 5.95. The molecule has 4 rings (SSSR count). The number of aromatic nitrogens is 1. The summed E-state index contributed by atoms with van der Waals surface area (Å²) < 4.78 is 46.3. The maximum absolute atomic E-state index is 13.3. The zero-order valence-electron chi connectivity index (χ0n) is 14.2. The van der Waals surface area contributed by atoms with Crippen molar-refractivity contribution in [3.05, 3.63) is 40.5 Å². The van der Waals surface area contributed by atoms with Gasteiger partial charge in [0.2, 0.25) is 11.8 Å². The van der Waals surface area contributed by atoms with Crippen LogP contribution in [0.15, 0.2) is 18.2 Å². The van der Waals surface area contributed by atoms with E-state index >= 15 is 0 Å². The highest BCUT2D eigenvalue weighted by atomic mass is 19.4. The molecule has 140 valence electrons. The molecule has 0 unspecified atom stereocenters. The summed E-state index contributed by atoms with van der Waals surface area (Å²) in [5, 5.41) is 30.2. The zero-order chi connectivity index (χ0) is 19.9. The topological polar surface area (TPSA) is 95.5 Å². The lowest BCUT2D eigenvalue weighted by Gasteiger charge is -2.20. The first-order chi connectivity index (χ1) is 12.4. The van der Waals surface area contributed by atoms with Gasteiger partial charge in [-0.3, -0.25) is 9.36 Å². The standard InChI is InChI=1S/C18H13F3N2O4/c1-16-6-11(24)17(2,27-16)13-12(16)14(25)23(15(13)26)9-4-3-8(7-22)10(5-9)18(19,20)21/h3-5,25-26H,6H2,1-2H3/t16-,17+/m0/s1. The maximum Gasteiger partial charge on any atom is 0.417 e. The Labute approximate surface area is 151 Å². The average Bonchev–Trinajstić information content (AvgIpc) is 3.07. The molecule has 0 radical (unpaired) electrons. The molecule has 3 heterocycles. The van der Waals surface area contributed by atoms with Gasteiger partial charge in [-0.25, -0.2) is 0 Å². The van der Waals surface area contributed by atoms with Crippen LogP contribution in [0.2, 0.25) is 0 Å². The van der Waals surface area contributed by atoms with Gasteiger partial charge in [0.05, 0.1) is 34.0 Å². The highest BCUT2D eigenvalue weighted by Crippen LogP contribution is 2.62. The number of alkyl halides is 3. The monoisotopic (exact) mass is 378 g/mol. The summed E-state index contributed by atoms with van der Waals surface area (Å²) in [6.07, 6.45) is -4.81. The van der Waals surface area contributed by atoms with Crippen molar-refractivity contribution in [2.45, 2.75) is 37.6 Å². The predicted octanol–water partition coefficient (Wildman–Crippen LogP) is 3.21. The number of nitrogens with zero attached hydrogens (tertiary/aromatic N) is 2. The molecular formula is C18H13F3N2O4.